The Morgan fingerprint density at radius 1 is 1.05 bits per heavy atom. The molecule has 0 amide bonds. The Kier molecular flexibility index (Phi) is 8.64. The minimum absolute atomic E-state index is 0.404. The lowest BCUT2D eigenvalue weighted by Crippen LogP contribution is -2.22. The van der Waals surface area contributed by atoms with E-state index in [0.29, 0.717) is 6.04 Å². The molecule has 1 atom stereocenters. The third-order valence-corrected chi connectivity index (χ3v) is 3.71. The van der Waals surface area contributed by atoms with Crippen molar-refractivity contribution in [1.82, 2.24) is 5.32 Å². The number of hydrogen-bond acceptors (Lipinski definition) is 2. The summed E-state index contributed by atoms with van der Waals surface area (Å²) in [6.07, 6.45) is 12.3. The van der Waals surface area contributed by atoms with Gasteiger partial charge in [0.2, 0.25) is 0 Å². The van der Waals surface area contributed by atoms with Crippen LogP contribution in [0.4, 0.5) is 0 Å². The van der Waals surface area contributed by atoms with Crippen molar-refractivity contribution in [3.63, 3.8) is 0 Å². The molecule has 0 saturated heterocycles. The van der Waals surface area contributed by atoms with Crippen molar-refractivity contribution in [3.05, 3.63) is 23.7 Å². The summed E-state index contributed by atoms with van der Waals surface area (Å²) in [4.78, 5) is 0. The Morgan fingerprint density at radius 2 is 1.79 bits per heavy atom. The Labute approximate surface area is 119 Å². The monoisotopic (exact) mass is 265 g/mol. The fraction of sp³-hybridized carbons (Fsp3) is 0.765. The molecule has 2 nitrogen and oxygen atoms in total. The van der Waals surface area contributed by atoms with Gasteiger partial charge in [0.1, 0.15) is 5.76 Å². The molecule has 0 fully saturated rings. The lowest BCUT2D eigenvalue weighted by atomic mass is 10.0. The van der Waals surface area contributed by atoms with Crippen molar-refractivity contribution >= 4 is 0 Å². The SMILES string of the molecule is CCCCCCCCC(NCCC)c1occc1C. The molecule has 0 aromatic carbocycles. The number of unbranched alkanes of at least 4 members (excludes halogenated alkanes) is 5. The van der Waals surface area contributed by atoms with Crippen molar-refractivity contribution in [2.45, 2.75) is 78.2 Å². The minimum Gasteiger partial charge on any atom is -0.467 e. The van der Waals surface area contributed by atoms with Gasteiger partial charge in [0.15, 0.2) is 0 Å². The summed E-state index contributed by atoms with van der Waals surface area (Å²) in [5.41, 5.74) is 1.28. The van der Waals surface area contributed by atoms with Crippen molar-refractivity contribution in [1.29, 1.82) is 0 Å². The summed E-state index contributed by atoms with van der Waals surface area (Å²) in [7, 11) is 0. The van der Waals surface area contributed by atoms with Gasteiger partial charge in [0.25, 0.3) is 0 Å². The third kappa shape index (κ3) is 6.29. The van der Waals surface area contributed by atoms with E-state index in [1.807, 2.05) is 6.26 Å². The van der Waals surface area contributed by atoms with Gasteiger partial charge in [-0.2, -0.15) is 0 Å². The lowest BCUT2D eigenvalue weighted by Gasteiger charge is -2.17. The highest BCUT2D eigenvalue weighted by molar-refractivity contribution is 5.18. The fourth-order valence-electron chi connectivity index (χ4n) is 2.51. The van der Waals surface area contributed by atoms with Crippen LogP contribution in [0.5, 0.6) is 0 Å². The first-order chi connectivity index (χ1) is 9.29. The second kappa shape index (κ2) is 10.1. The molecule has 1 aromatic rings. The van der Waals surface area contributed by atoms with Gasteiger partial charge < -0.3 is 9.73 Å². The van der Waals surface area contributed by atoms with Crippen LogP contribution in [-0.4, -0.2) is 6.54 Å². The molecule has 0 aliphatic heterocycles. The highest BCUT2D eigenvalue weighted by Crippen LogP contribution is 2.24. The van der Waals surface area contributed by atoms with Crippen LogP contribution in [0.15, 0.2) is 16.7 Å². The maximum Gasteiger partial charge on any atom is 0.123 e. The van der Waals surface area contributed by atoms with Gasteiger partial charge in [-0.05, 0) is 37.9 Å². The fourth-order valence-corrected chi connectivity index (χ4v) is 2.51. The zero-order valence-corrected chi connectivity index (χ0v) is 13.0. The maximum absolute atomic E-state index is 5.66. The highest BCUT2D eigenvalue weighted by Gasteiger charge is 2.15. The molecule has 0 radical (unpaired) electrons. The highest BCUT2D eigenvalue weighted by atomic mass is 16.3. The van der Waals surface area contributed by atoms with E-state index in [4.69, 9.17) is 4.42 Å². The van der Waals surface area contributed by atoms with Crippen molar-refractivity contribution in [2.75, 3.05) is 6.54 Å². The second-order valence-corrected chi connectivity index (χ2v) is 5.53. The van der Waals surface area contributed by atoms with Gasteiger partial charge in [-0.3, -0.25) is 0 Å². The smallest absolute Gasteiger partial charge is 0.123 e. The van der Waals surface area contributed by atoms with Crippen LogP contribution in [0.1, 0.15) is 82.6 Å². The van der Waals surface area contributed by atoms with Crippen molar-refractivity contribution < 1.29 is 4.42 Å². The summed E-state index contributed by atoms with van der Waals surface area (Å²) in [5.74, 6) is 1.14. The predicted octanol–water partition coefficient (Wildman–Crippen LogP) is 5.38. The molecule has 0 spiro atoms. The van der Waals surface area contributed by atoms with Crippen LogP contribution in [0.2, 0.25) is 0 Å². The largest absolute Gasteiger partial charge is 0.467 e. The molecule has 1 rings (SSSR count). The first-order valence-corrected chi connectivity index (χ1v) is 8.07. The minimum atomic E-state index is 0.404. The molecule has 0 aliphatic carbocycles. The molecule has 2 heteroatoms. The van der Waals surface area contributed by atoms with Crippen LogP contribution in [0, 0.1) is 6.92 Å². The first-order valence-electron chi connectivity index (χ1n) is 8.07. The van der Waals surface area contributed by atoms with Gasteiger partial charge in [-0.25, -0.2) is 0 Å². The average Bonchev–Trinajstić information content (AvgIpc) is 2.83. The molecule has 0 aliphatic rings. The number of hydrogen-bond donors (Lipinski definition) is 1. The number of aryl methyl sites for hydroxylation is 1. The van der Waals surface area contributed by atoms with Crippen LogP contribution in [0.3, 0.4) is 0 Å². The summed E-state index contributed by atoms with van der Waals surface area (Å²) < 4.78 is 5.66. The van der Waals surface area contributed by atoms with Crippen LogP contribution in [-0.2, 0) is 0 Å². The van der Waals surface area contributed by atoms with Crippen molar-refractivity contribution in [3.8, 4) is 0 Å². The van der Waals surface area contributed by atoms with Crippen LogP contribution in [0.25, 0.3) is 0 Å². The first kappa shape index (κ1) is 16.3. The normalized spacial score (nSPS) is 12.8. The molecule has 110 valence electrons. The molecule has 19 heavy (non-hydrogen) atoms. The Bertz CT molecular complexity index is 319. The zero-order valence-electron chi connectivity index (χ0n) is 13.0. The standard InChI is InChI=1S/C17H31NO/c1-4-6-7-8-9-10-11-16(18-13-5-2)17-15(3)12-14-19-17/h12,14,16,18H,4-11,13H2,1-3H3. The molecule has 0 bridgehead atoms. The van der Waals surface area contributed by atoms with E-state index < -0.39 is 0 Å². The Balaban J connectivity index is 2.32. The lowest BCUT2D eigenvalue weighted by molar-refractivity contribution is 0.381. The van der Waals surface area contributed by atoms with Crippen LogP contribution < -0.4 is 5.32 Å². The van der Waals surface area contributed by atoms with E-state index in [-0.39, 0.29) is 0 Å². The topological polar surface area (TPSA) is 25.2 Å². The van der Waals surface area contributed by atoms with E-state index in [9.17, 15) is 0 Å². The molecular formula is C17H31NO. The van der Waals surface area contributed by atoms with Gasteiger partial charge in [-0.15, -0.1) is 0 Å². The molecule has 1 N–H and O–H groups in total. The predicted molar refractivity (Wildman–Crippen MR) is 82.5 cm³/mol. The van der Waals surface area contributed by atoms with Crippen LogP contribution >= 0.6 is 0 Å². The van der Waals surface area contributed by atoms with Gasteiger partial charge >= 0.3 is 0 Å². The molecular weight excluding hydrogens is 234 g/mol. The second-order valence-electron chi connectivity index (χ2n) is 5.53. The van der Waals surface area contributed by atoms with E-state index in [1.165, 1.54) is 56.9 Å². The molecule has 1 aromatic heterocycles. The molecule has 0 saturated carbocycles. The van der Waals surface area contributed by atoms with Gasteiger partial charge in [-0.1, -0.05) is 52.4 Å². The van der Waals surface area contributed by atoms with E-state index in [1.54, 1.807) is 0 Å². The number of nitrogens with one attached hydrogen (secondary N) is 1. The van der Waals surface area contributed by atoms with E-state index in [2.05, 4.69) is 32.2 Å². The average molecular weight is 265 g/mol. The van der Waals surface area contributed by atoms with Gasteiger partial charge in [0, 0.05) is 0 Å². The Hall–Kier alpha value is -0.760. The number of rotatable bonds is 11. The summed E-state index contributed by atoms with van der Waals surface area (Å²) >= 11 is 0. The maximum atomic E-state index is 5.66. The van der Waals surface area contributed by atoms with E-state index in [0.717, 1.165) is 12.3 Å². The molecule has 1 unspecified atom stereocenters. The summed E-state index contributed by atoms with van der Waals surface area (Å²) in [5, 5.41) is 3.62. The quantitative estimate of drug-likeness (QED) is 0.543. The van der Waals surface area contributed by atoms with E-state index >= 15 is 0 Å². The Morgan fingerprint density at radius 3 is 2.42 bits per heavy atom. The zero-order chi connectivity index (χ0) is 13.9. The van der Waals surface area contributed by atoms with Crippen molar-refractivity contribution in [2.24, 2.45) is 0 Å². The van der Waals surface area contributed by atoms with Gasteiger partial charge in [0.05, 0.1) is 12.3 Å². The number of furan rings is 1. The molecule has 1 heterocycles. The third-order valence-electron chi connectivity index (χ3n) is 3.71. The summed E-state index contributed by atoms with van der Waals surface area (Å²) in [6.45, 7) is 7.69. The summed E-state index contributed by atoms with van der Waals surface area (Å²) in [6, 6.07) is 2.47.